The molecule has 0 spiro atoms. The number of nitrogens with zero attached hydrogens (tertiary/aromatic N) is 3. The Hall–Kier alpha value is -4.13. The zero-order valence-corrected chi connectivity index (χ0v) is 25.8. The van der Waals surface area contributed by atoms with Gasteiger partial charge in [-0.3, -0.25) is 14.4 Å². The molecule has 1 atom stereocenters. The highest BCUT2D eigenvalue weighted by atomic mass is 35.5. The van der Waals surface area contributed by atoms with E-state index in [4.69, 9.17) is 25.8 Å². The molecule has 1 aromatic heterocycles. The van der Waals surface area contributed by atoms with Gasteiger partial charge in [0.2, 0.25) is 11.5 Å². The normalized spacial score (nSPS) is 16.5. The van der Waals surface area contributed by atoms with Gasteiger partial charge in [0.1, 0.15) is 17.5 Å². The number of benzene rings is 1. The van der Waals surface area contributed by atoms with E-state index >= 15 is 0 Å². The van der Waals surface area contributed by atoms with Gasteiger partial charge >= 0.3 is 18.0 Å². The average molecular weight is 633 g/mol. The molecule has 2 aliphatic rings. The van der Waals surface area contributed by atoms with Crippen LogP contribution in [0.25, 0.3) is 10.9 Å². The van der Waals surface area contributed by atoms with Gasteiger partial charge in [-0.1, -0.05) is 11.6 Å². The fourth-order valence-corrected chi connectivity index (χ4v) is 5.28. The van der Waals surface area contributed by atoms with Gasteiger partial charge < -0.3 is 34.4 Å². The third kappa shape index (κ3) is 7.32. The molecular formula is C30H37ClN4O9. The first kappa shape index (κ1) is 32.8. The van der Waals surface area contributed by atoms with E-state index < -0.39 is 41.5 Å². The number of ether oxygens (including phenoxy) is 3. The van der Waals surface area contributed by atoms with E-state index in [1.165, 1.54) is 15.9 Å². The molecule has 1 saturated heterocycles. The summed E-state index contributed by atoms with van der Waals surface area (Å²) in [5.74, 6) is -2.63. The summed E-state index contributed by atoms with van der Waals surface area (Å²) < 4.78 is 16.1. The zero-order valence-electron chi connectivity index (χ0n) is 25.0. The molecule has 238 valence electrons. The van der Waals surface area contributed by atoms with Crippen LogP contribution in [0.4, 0.5) is 4.79 Å². The number of aliphatic carboxylic acids is 1. The largest absolute Gasteiger partial charge is 0.478 e. The number of aromatic nitrogens is 1. The van der Waals surface area contributed by atoms with Crippen LogP contribution >= 0.6 is 11.6 Å². The van der Waals surface area contributed by atoms with E-state index in [2.05, 4.69) is 10.3 Å². The molecule has 2 aromatic rings. The Balaban J connectivity index is 1.60. The van der Waals surface area contributed by atoms with Crippen molar-refractivity contribution in [1.82, 2.24) is 20.1 Å². The van der Waals surface area contributed by atoms with Crippen LogP contribution in [0.3, 0.4) is 0 Å². The summed E-state index contributed by atoms with van der Waals surface area (Å²) in [6.45, 7) is 6.49. The molecule has 1 aliphatic heterocycles. The third-order valence-electron chi connectivity index (χ3n) is 7.80. The van der Waals surface area contributed by atoms with E-state index in [-0.39, 0.29) is 63.7 Å². The maximum atomic E-state index is 13.6. The number of nitrogens with one attached hydrogen (secondary N) is 1. The molecule has 4 rings (SSSR count). The highest BCUT2D eigenvalue weighted by Crippen LogP contribution is 2.40. The summed E-state index contributed by atoms with van der Waals surface area (Å²) in [5.41, 5.74) is -0.478. The average Bonchev–Trinajstić information content (AvgIpc) is 2.97. The Morgan fingerprint density at radius 2 is 1.68 bits per heavy atom. The predicted molar refractivity (Wildman–Crippen MR) is 159 cm³/mol. The lowest BCUT2D eigenvalue weighted by Gasteiger charge is -2.38. The number of carbonyl (C=O) groups excluding carboxylic acids is 4. The van der Waals surface area contributed by atoms with Crippen LogP contribution < -0.4 is 10.1 Å². The molecule has 2 fully saturated rings. The Morgan fingerprint density at radius 3 is 2.27 bits per heavy atom. The fraction of sp³-hybridized carbons (Fsp3) is 0.533. The number of halogens is 1. The molecule has 2 N–H and O–H groups in total. The molecule has 44 heavy (non-hydrogen) atoms. The van der Waals surface area contributed by atoms with E-state index in [0.29, 0.717) is 40.8 Å². The summed E-state index contributed by atoms with van der Waals surface area (Å²) in [4.78, 5) is 71.0. The highest BCUT2D eigenvalue weighted by molar-refractivity contribution is 6.32. The summed E-state index contributed by atoms with van der Waals surface area (Å²) in [6.07, 6.45) is 0.680. The van der Waals surface area contributed by atoms with E-state index in [9.17, 15) is 29.1 Å². The van der Waals surface area contributed by atoms with Gasteiger partial charge in [0.15, 0.2) is 0 Å². The second-order valence-corrected chi connectivity index (χ2v) is 11.2. The third-order valence-corrected chi connectivity index (χ3v) is 8.21. The lowest BCUT2D eigenvalue weighted by molar-refractivity contribution is -0.163. The molecule has 3 amide bonds. The van der Waals surface area contributed by atoms with E-state index in [0.717, 1.165) is 0 Å². The SMILES string of the molecule is CCOC(=O)CCC(NC(=O)c1cc(OC2(C(=O)O)CCC2)c2cc(Cl)c(C)cc2n1)C(=O)N1CCN(C(=O)OCC)CC1. The first-order valence-electron chi connectivity index (χ1n) is 14.7. The first-order chi connectivity index (χ1) is 21.0. The number of amides is 3. The van der Waals surface area contributed by atoms with Gasteiger partial charge in [-0.25, -0.2) is 14.6 Å². The molecule has 1 aromatic carbocycles. The minimum atomic E-state index is -1.43. The van der Waals surface area contributed by atoms with Crippen molar-refractivity contribution in [2.45, 2.75) is 64.5 Å². The molecule has 1 saturated carbocycles. The smallest absolute Gasteiger partial charge is 0.409 e. The summed E-state index contributed by atoms with van der Waals surface area (Å²) >= 11 is 6.36. The van der Waals surface area contributed by atoms with Crippen molar-refractivity contribution in [3.05, 3.63) is 34.5 Å². The van der Waals surface area contributed by atoms with Gasteiger partial charge in [0.25, 0.3) is 5.91 Å². The number of carboxylic acid groups (broad SMARTS) is 1. The Labute approximate surface area is 259 Å². The molecule has 14 heteroatoms. The summed E-state index contributed by atoms with van der Waals surface area (Å²) in [6, 6.07) is 3.53. The maximum Gasteiger partial charge on any atom is 0.409 e. The quantitative estimate of drug-likeness (QED) is 0.351. The van der Waals surface area contributed by atoms with Gasteiger partial charge in [-0.05, 0) is 64.2 Å². The summed E-state index contributed by atoms with van der Waals surface area (Å²) in [5, 5.41) is 13.4. The van der Waals surface area contributed by atoms with Crippen molar-refractivity contribution in [2.75, 3.05) is 39.4 Å². The number of esters is 1. The first-order valence-corrected chi connectivity index (χ1v) is 15.1. The number of fused-ring (bicyclic) bond motifs is 1. The van der Waals surface area contributed by atoms with Crippen LogP contribution in [0.1, 0.15) is 62.0 Å². The van der Waals surface area contributed by atoms with Crippen molar-refractivity contribution < 1.29 is 43.3 Å². The highest BCUT2D eigenvalue weighted by Gasteiger charge is 2.47. The number of aryl methyl sites for hydroxylation is 1. The topological polar surface area (TPSA) is 165 Å². The van der Waals surface area contributed by atoms with Crippen molar-refractivity contribution in [1.29, 1.82) is 0 Å². The molecule has 13 nitrogen and oxygen atoms in total. The van der Waals surface area contributed by atoms with Crippen LogP contribution in [-0.2, 0) is 23.9 Å². The van der Waals surface area contributed by atoms with E-state index in [1.54, 1.807) is 32.9 Å². The van der Waals surface area contributed by atoms with Gasteiger partial charge in [0.05, 0.1) is 18.7 Å². The number of rotatable bonds is 11. The van der Waals surface area contributed by atoms with Crippen molar-refractivity contribution in [3.63, 3.8) is 0 Å². The predicted octanol–water partition coefficient (Wildman–Crippen LogP) is 3.33. The second-order valence-electron chi connectivity index (χ2n) is 10.8. The molecule has 1 aliphatic carbocycles. The fourth-order valence-electron chi connectivity index (χ4n) is 5.12. The van der Waals surface area contributed by atoms with Crippen LogP contribution in [0, 0.1) is 6.92 Å². The molecule has 0 radical (unpaired) electrons. The molecular weight excluding hydrogens is 596 g/mol. The Kier molecular flexibility index (Phi) is 10.5. The standard InChI is InChI=1S/C30H37ClN4O9/c1-4-42-25(36)8-7-21(27(38)34-11-13-35(14-12-34)29(41)43-5-2)33-26(37)23-17-24(44-30(28(39)40)9-6-10-30)19-16-20(31)18(3)15-22(19)32-23/h15-17,21H,4-14H2,1-3H3,(H,33,37)(H,39,40). The number of carboxylic acids is 1. The van der Waals surface area contributed by atoms with Crippen LogP contribution in [0.15, 0.2) is 18.2 Å². The van der Waals surface area contributed by atoms with Crippen molar-refractivity contribution in [3.8, 4) is 5.75 Å². The number of hydrogen-bond donors (Lipinski definition) is 2. The lowest BCUT2D eigenvalue weighted by atomic mass is 9.80. The number of piperazine rings is 1. The van der Waals surface area contributed by atoms with Gasteiger partial charge in [-0.15, -0.1) is 0 Å². The molecule has 2 heterocycles. The Bertz CT molecular complexity index is 1440. The van der Waals surface area contributed by atoms with Gasteiger partial charge in [0, 0.05) is 49.1 Å². The number of pyridine rings is 1. The molecule has 0 bridgehead atoms. The van der Waals surface area contributed by atoms with Crippen LogP contribution in [0.2, 0.25) is 5.02 Å². The Morgan fingerprint density at radius 1 is 1.02 bits per heavy atom. The lowest BCUT2D eigenvalue weighted by Crippen LogP contribution is -2.56. The van der Waals surface area contributed by atoms with E-state index in [1.807, 2.05) is 0 Å². The number of carbonyl (C=O) groups is 5. The van der Waals surface area contributed by atoms with Crippen molar-refractivity contribution >= 4 is 52.4 Å². The zero-order chi connectivity index (χ0) is 32.0. The second kappa shape index (κ2) is 14.1. The van der Waals surface area contributed by atoms with Crippen molar-refractivity contribution in [2.24, 2.45) is 0 Å². The van der Waals surface area contributed by atoms with Crippen LogP contribution in [0.5, 0.6) is 5.75 Å². The van der Waals surface area contributed by atoms with Gasteiger partial charge in [-0.2, -0.15) is 0 Å². The van der Waals surface area contributed by atoms with Crippen LogP contribution in [-0.4, -0.2) is 101 Å². The number of hydrogen-bond acceptors (Lipinski definition) is 9. The summed E-state index contributed by atoms with van der Waals surface area (Å²) in [7, 11) is 0. The maximum absolute atomic E-state index is 13.6. The minimum Gasteiger partial charge on any atom is -0.478 e. The minimum absolute atomic E-state index is 0.0325. The monoisotopic (exact) mass is 632 g/mol. The molecule has 1 unspecified atom stereocenters.